The highest BCUT2D eigenvalue weighted by molar-refractivity contribution is 6.30. The molecule has 0 aliphatic rings. The van der Waals surface area contributed by atoms with Crippen molar-refractivity contribution in [1.82, 2.24) is 5.32 Å². The van der Waals surface area contributed by atoms with Gasteiger partial charge in [0, 0.05) is 11.6 Å². The van der Waals surface area contributed by atoms with Crippen LogP contribution in [0.3, 0.4) is 0 Å². The van der Waals surface area contributed by atoms with Crippen LogP contribution >= 0.6 is 11.6 Å². The largest absolute Gasteiger partial charge is 0.310 e. The third kappa shape index (κ3) is 3.99. The predicted molar refractivity (Wildman–Crippen MR) is 77.9 cm³/mol. The van der Waals surface area contributed by atoms with Gasteiger partial charge in [0.25, 0.3) is 0 Å². The molecule has 5 heteroatoms. The van der Waals surface area contributed by atoms with Gasteiger partial charge in [-0.3, -0.25) is 0 Å². The summed E-state index contributed by atoms with van der Waals surface area (Å²) in [6, 6.07) is 7.33. The second-order valence-corrected chi connectivity index (χ2v) is 5.14. The van der Waals surface area contributed by atoms with Crippen molar-refractivity contribution in [1.29, 1.82) is 0 Å². The van der Waals surface area contributed by atoms with Crippen LogP contribution in [0.2, 0.25) is 5.02 Å². The number of rotatable bonds is 5. The maximum absolute atomic E-state index is 13.9. The van der Waals surface area contributed by atoms with Gasteiger partial charge in [-0.2, -0.15) is 0 Å². The molecule has 0 bridgehead atoms. The standard InChI is InChI=1S/C16H15ClF3N/c1-2-21-16(12-9-11(18)4-6-14(12)19)8-10-3-5-13(17)15(20)7-10/h3-7,9,16,21H,2,8H2,1H3. The van der Waals surface area contributed by atoms with Gasteiger partial charge >= 0.3 is 0 Å². The monoisotopic (exact) mass is 313 g/mol. The van der Waals surface area contributed by atoms with Crippen LogP contribution in [0, 0.1) is 17.5 Å². The topological polar surface area (TPSA) is 12.0 Å². The number of hydrogen-bond acceptors (Lipinski definition) is 1. The Morgan fingerprint density at radius 1 is 1.05 bits per heavy atom. The Morgan fingerprint density at radius 3 is 2.48 bits per heavy atom. The lowest BCUT2D eigenvalue weighted by Gasteiger charge is -2.19. The Morgan fingerprint density at radius 2 is 1.81 bits per heavy atom. The summed E-state index contributed by atoms with van der Waals surface area (Å²) in [6.07, 6.45) is 0.336. The molecule has 2 aromatic rings. The lowest BCUT2D eigenvalue weighted by atomic mass is 9.98. The minimum Gasteiger partial charge on any atom is -0.310 e. The molecule has 112 valence electrons. The summed E-state index contributed by atoms with van der Waals surface area (Å²) >= 11 is 5.64. The molecule has 0 aliphatic heterocycles. The van der Waals surface area contributed by atoms with E-state index in [0.717, 1.165) is 18.2 Å². The molecule has 2 rings (SSSR count). The number of hydrogen-bond donors (Lipinski definition) is 1. The highest BCUT2D eigenvalue weighted by Gasteiger charge is 2.17. The zero-order valence-corrected chi connectivity index (χ0v) is 12.2. The molecule has 0 aromatic heterocycles. The van der Waals surface area contributed by atoms with Gasteiger partial charge in [-0.15, -0.1) is 0 Å². The van der Waals surface area contributed by atoms with Crippen LogP contribution in [0.25, 0.3) is 0 Å². The first-order valence-corrected chi connectivity index (χ1v) is 7.01. The van der Waals surface area contributed by atoms with E-state index in [-0.39, 0.29) is 10.6 Å². The fourth-order valence-corrected chi connectivity index (χ4v) is 2.34. The van der Waals surface area contributed by atoms with Gasteiger partial charge in [0.15, 0.2) is 0 Å². The van der Waals surface area contributed by atoms with Gasteiger partial charge < -0.3 is 5.32 Å². The number of likely N-dealkylation sites (N-methyl/N-ethyl adjacent to an activating group) is 1. The van der Waals surface area contributed by atoms with E-state index in [0.29, 0.717) is 18.5 Å². The van der Waals surface area contributed by atoms with E-state index in [9.17, 15) is 13.2 Å². The molecule has 2 aromatic carbocycles. The molecule has 0 spiro atoms. The molecule has 0 aliphatic carbocycles. The van der Waals surface area contributed by atoms with Crippen molar-refractivity contribution >= 4 is 11.6 Å². The second kappa shape index (κ2) is 6.96. The highest BCUT2D eigenvalue weighted by Crippen LogP contribution is 2.24. The van der Waals surface area contributed by atoms with Crippen LogP contribution < -0.4 is 5.32 Å². The van der Waals surface area contributed by atoms with E-state index in [1.165, 1.54) is 12.1 Å². The van der Waals surface area contributed by atoms with Gasteiger partial charge in [0.1, 0.15) is 17.5 Å². The lowest BCUT2D eigenvalue weighted by Crippen LogP contribution is -2.24. The molecule has 1 N–H and O–H groups in total. The molecule has 21 heavy (non-hydrogen) atoms. The molecule has 1 nitrogen and oxygen atoms in total. The normalized spacial score (nSPS) is 12.4. The molecule has 0 radical (unpaired) electrons. The van der Waals surface area contributed by atoms with Gasteiger partial charge in [-0.05, 0) is 48.9 Å². The third-order valence-corrected chi connectivity index (χ3v) is 3.51. The molecule has 0 fully saturated rings. The molecular weight excluding hydrogens is 299 g/mol. The SMILES string of the molecule is CCNC(Cc1ccc(Cl)c(F)c1)c1cc(F)ccc1F. The van der Waals surface area contributed by atoms with Crippen LogP contribution in [-0.4, -0.2) is 6.54 Å². The fourth-order valence-electron chi connectivity index (χ4n) is 2.22. The zero-order chi connectivity index (χ0) is 15.4. The predicted octanol–water partition coefficient (Wildman–Crippen LogP) is 4.65. The summed E-state index contributed by atoms with van der Waals surface area (Å²) in [7, 11) is 0. The minimum atomic E-state index is -0.524. The summed E-state index contributed by atoms with van der Waals surface area (Å²) in [6.45, 7) is 2.45. The highest BCUT2D eigenvalue weighted by atomic mass is 35.5. The summed E-state index contributed by atoms with van der Waals surface area (Å²) in [5.74, 6) is -1.52. The molecule has 0 heterocycles. The average Bonchev–Trinajstić information content (AvgIpc) is 2.45. The van der Waals surface area contributed by atoms with Gasteiger partial charge in [0.2, 0.25) is 0 Å². The van der Waals surface area contributed by atoms with Crippen LogP contribution in [0.15, 0.2) is 36.4 Å². The first kappa shape index (κ1) is 15.9. The second-order valence-electron chi connectivity index (χ2n) is 4.73. The van der Waals surface area contributed by atoms with Crippen LogP contribution in [0.1, 0.15) is 24.1 Å². The lowest BCUT2D eigenvalue weighted by molar-refractivity contribution is 0.501. The molecule has 1 unspecified atom stereocenters. The van der Waals surface area contributed by atoms with Crippen LogP contribution in [0.4, 0.5) is 13.2 Å². The summed E-state index contributed by atoms with van der Waals surface area (Å²) in [5.41, 5.74) is 0.888. The van der Waals surface area contributed by atoms with Crippen molar-refractivity contribution in [3.05, 3.63) is 70.0 Å². The van der Waals surface area contributed by atoms with Crippen molar-refractivity contribution in [2.45, 2.75) is 19.4 Å². The van der Waals surface area contributed by atoms with E-state index >= 15 is 0 Å². The maximum Gasteiger partial charge on any atom is 0.142 e. The average molecular weight is 314 g/mol. The van der Waals surface area contributed by atoms with E-state index in [1.54, 1.807) is 6.07 Å². The Labute approximate surface area is 126 Å². The van der Waals surface area contributed by atoms with Crippen molar-refractivity contribution in [3.63, 3.8) is 0 Å². The van der Waals surface area contributed by atoms with Crippen molar-refractivity contribution < 1.29 is 13.2 Å². The van der Waals surface area contributed by atoms with Crippen molar-refractivity contribution in [2.75, 3.05) is 6.54 Å². The summed E-state index contributed by atoms with van der Waals surface area (Å²) in [5, 5.41) is 3.13. The van der Waals surface area contributed by atoms with Gasteiger partial charge in [-0.1, -0.05) is 24.6 Å². The molecule has 0 saturated heterocycles. The molecular formula is C16H15ClF3N. The molecule has 1 atom stereocenters. The number of benzene rings is 2. The fraction of sp³-hybridized carbons (Fsp3) is 0.250. The van der Waals surface area contributed by atoms with Crippen molar-refractivity contribution in [2.24, 2.45) is 0 Å². The summed E-state index contributed by atoms with van der Waals surface area (Å²) in [4.78, 5) is 0. The van der Waals surface area contributed by atoms with E-state index in [1.807, 2.05) is 6.92 Å². The van der Waals surface area contributed by atoms with Crippen LogP contribution in [-0.2, 0) is 6.42 Å². The smallest absolute Gasteiger partial charge is 0.142 e. The Bertz CT molecular complexity index is 631. The molecule has 0 amide bonds. The van der Waals surface area contributed by atoms with E-state index in [4.69, 9.17) is 11.6 Å². The van der Waals surface area contributed by atoms with Gasteiger partial charge in [-0.25, -0.2) is 13.2 Å². The van der Waals surface area contributed by atoms with Crippen molar-refractivity contribution in [3.8, 4) is 0 Å². The Kier molecular flexibility index (Phi) is 5.26. The van der Waals surface area contributed by atoms with Crippen LogP contribution in [0.5, 0.6) is 0 Å². The van der Waals surface area contributed by atoms with Gasteiger partial charge in [0.05, 0.1) is 5.02 Å². The third-order valence-electron chi connectivity index (χ3n) is 3.21. The van der Waals surface area contributed by atoms with E-state index < -0.39 is 23.5 Å². The quantitative estimate of drug-likeness (QED) is 0.847. The Balaban J connectivity index is 2.30. The number of nitrogens with one attached hydrogen (secondary N) is 1. The zero-order valence-electron chi connectivity index (χ0n) is 11.5. The number of halogens is 4. The first-order valence-electron chi connectivity index (χ1n) is 6.63. The first-order chi connectivity index (χ1) is 10.0. The Hall–Kier alpha value is -1.52. The minimum absolute atomic E-state index is 0.0377. The summed E-state index contributed by atoms with van der Waals surface area (Å²) < 4.78 is 40.7. The molecule has 0 saturated carbocycles. The maximum atomic E-state index is 13.9. The van der Waals surface area contributed by atoms with E-state index in [2.05, 4.69) is 5.32 Å².